The maximum Gasteiger partial charge on any atom is 0.223 e. The molecule has 1 saturated heterocycles. The summed E-state index contributed by atoms with van der Waals surface area (Å²) < 4.78 is 25.8. The summed E-state index contributed by atoms with van der Waals surface area (Å²) >= 11 is 0. The zero-order chi connectivity index (χ0) is 13.8. The van der Waals surface area contributed by atoms with Crippen LogP contribution in [0, 0.1) is 11.6 Å². The van der Waals surface area contributed by atoms with Crippen LogP contribution in [0.25, 0.3) is 0 Å². The summed E-state index contributed by atoms with van der Waals surface area (Å²) in [6, 6.07) is 3.96. The van der Waals surface area contributed by atoms with Gasteiger partial charge in [0, 0.05) is 32.1 Å². The molecule has 19 heavy (non-hydrogen) atoms. The fraction of sp³-hybridized carbons (Fsp3) is 0.500. The quantitative estimate of drug-likeness (QED) is 0.905. The zero-order valence-corrected chi connectivity index (χ0v) is 11.0. The van der Waals surface area contributed by atoms with Crippen molar-refractivity contribution in [1.29, 1.82) is 0 Å². The van der Waals surface area contributed by atoms with Crippen LogP contribution in [0.4, 0.5) is 8.78 Å². The molecule has 3 nitrogen and oxygen atoms in total. The lowest BCUT2D eigenvalue weighted by atomic mass is 10.1. The van der Waals surface area contributed by atoms with Gasteiger partial charge in [-0.25, -0.2) is 8.78 Å². The van der Waals surface area contributed by atoms with Crippen molar-refractivity contribution in [3.8, 4) is 0 Å². The minimum absolute atomic E-state index is 0.0683. The van der Waals surface area contributed by atoms with E-state index < -0.39 is 11.6 Å². The van der Waals surface area contributed by atoms with Crippen molar-refractivity contribution in [2.24, 2.45) is 0 Å². The van der Waals surface area contributed by atoms with Crippen molar-refractivity contribution in [1.82, 2.24) is 10.2 Å². The third-order valence-corrected chi connectivity index (χ3v) is 3.43. The van der Waals surface area contributed by atoms with Crippen LogP contribution in [-0.2, 0) is 11.2 Å². The number of amides is 1. The molecule has 1 amide bonds. The van der Waals surface area contributed by atoms with E-state index in [1.54, 1.807) is 0 Å². The first-order valence-electron chi connectivity index (χ1n) is 6.52. The summed E-state index contributed by atoms with van der Waals surface area (Å²) in [7, 11) is 0. The fourth-order valence-corrected chi connectivity index (χ4v) is 2.30. The number of nitrogens with one attached hydrogen (secondary N) is 1. The molecule has 1 aliphatic rings. The average Bonchev–Trinajstić information content (AvgIpc) is 2.40. The second-order valence-corrected chi connectivity index (χ2v) is 4.89. The highest BCUT2D eigenvalue weighted by molar-refractivity contribution is 5.77. The molecular weight excluding hydrogens is 250 g/mol. The lowest BCUT2D eigenvalue weighted by Crippen LogP contribution is -2.52. The van der Waals surface area contributed by atoms with Gasteiger partial charge in [-0.15, -0.1) is 0 Å². The summed E-state index contributed by atoms with van der Waals surface area (Å²) in [5.41, 5.74) is 0.648. The molecule has 1 aromatic rings. The van der Waals surface area contributed by atoms with Crippen LogP contribution in [0.1, 0.15) is 18.9 Å². The molecule has 2 rings (SSSR count). The highest BCUT2D eigenvalue weighted by Crippen LogP contribution is 2.12. The Hall–Kier alpha value is -1.49. The molecule has 0 aromatic heterocycles. The standard InChI is InChI=1S/C14H18F2N2O/c1-10-9-17-6-7-18(10)14(19)5-3-11-2-4-12(15)13(16)8-11/h2,4,8,10,17H,3,5-7,9H2,1H3. The first-order valence-corrected chi connectivity index (χ1v) is 6.52. The van der Waals surface area contributed by atoms with Crippen molar-refractivity contribution in [3.63, 3.8) is 0 Å². The predicted octanol–water partition coefficient (Wildman–Crippen LogP) is 1.72. The summed E-state index contributed by atoms with van der Waals surface area (Å²) in [6.45, 7) is 4.32. The number of nitrogens with zero attached hydrogens (tertiary/aromatic N) is 1. The van der Waals surface area contributed by atoms with E-state index in [2.05, 4.69) is 5.32 Å². The van der Waals surface area contributed by atoms with E-state index in [-0.39, 0.29) is 11.9 Å². The van der Waals surface area contributed by atoms with E-state index in [1.807, 2.05) is 11.8 Å². The van der Waals surface area contributed by atoms with Crippen LogP contribution in [0.15, 0.2) is 18.2 Å². The predicted molar refractivity (Wildman–Crippen MR) is 68.7 cm³/mol. The molecule has 0 bridgehead atoms. The Balaban J connectivity index is 1.90. The summed E-state index contributed by atoms with van der Waals surface area (Å²) in [6.07, 6.45) is 0.766. The number of rotatable bonds is 3. The SMILES string of the molecule is CC1CNCCN1C(=O)CCc1ccc(F)c(F)c1. The van der Waals surface area contributed by atoms with E-state index in [9.17, 15) is 13.6 Å². The second kappa shape index (κ2) is 6.10. The molecule has 1 heterocycles. The van der Waals surface area contributed by atoms with Crippen molar-refractivity contribution >= 4 is 5.91 Å². The van der Waals surface area contributed by atoms with Crippen molar-refractivity contribution in [2.45, 2.75) is 25.8 Å². The van der Waals surface area contributed by atoms with Crippen molar-refractivity contribution in [3.05, 3.63) is 35.4 Å². The fourth-order valence-electron chi connectivity index (χ4n) is 2.30. The first kappa shape index (κ1) is 13.9. The van der Waals surface area contributed by atoms with Gasteiger partial charge in [0.1, 0.15) is 0 Å². The van der Waals surface area contributed by atoms with Gasteiger partial charge in [-0.1, -0.05) is 6.07 Å². The van der Waals surface area contributed by atoms with Gasteiger partial charge in [-0.3, -0.25) is 4.79 Å². The molecule has 0 aliphatic carbocycles. The van der Waals surface area contributed by atoms with Gasteiger partial charge in [0.25, 0.3) is 0 Å². The minimum atomic E-state index is -0.861. The van der Waals surface area contributed by atoms with E-state index >= 15 is 0 Å². The Morgan fingerprint density at radius 1 is 1.42 bits per heavy atom. The smallest absolute Gasteiger partial charge is 0.223 e. The van der Waals surface area contributed by atoms with Gasteiger partial charge in [-0.2, -0.15) is 0 Å². The van der Waals surface area contributed by atoms with Crippen LogP contribution < -0.4 is 5.32 Å². The summed E-state index contributed by atoms with van der Waals surface area (Å²) in [5.74, 6) is -1.65. The Labute approximate surface area is 111 Å². The Morgan fingerprint density at radius 2 is 2.21 bits per heavy atom. The van der Waals surface area contributed by atoms with E-state index in [4.69, 9.17) is 0 Å². The lowest BCUT2D eigenvalue weighted by molar-refractivity contribution is -0.133. The number of piperazine rings is 1. The van der Waals surface area contributed by atoms with Crippen molar-refractivity contribution in [2.75, 3.05) is 19.6 Å². The van der Waals surface area contributed by atoms with Crippen LogP contribution >= 0.6 is 0 Å². The van der Waals surface area contributed by atoms with E-state index in [0.717, 1.165) is 25.2 Å². The molecule has 0 saturated carbocycles. The number of hydrogen-bond acceptors (Lipinski definition) is 2. The number of carbonyl (C=O) groups excluding carboxylic acids is 1. The molecule has 1 N–H and O–H groups in total. The van der Waals surface area contributed by atoms with E-state index in [0.29, 0.717) is 24.9 Å². The number of halogens is 2. The number of carbonyl (C=O) groups is 1. The van der Waals surface area contributed by atoms with Gasteiger partial charge >= 0.3 is 0 Å². The molecule has 0 radical (unpaired) electrons. The summed E-state index contributed by atoms with van der Waals surface area (Å²) in [4.78, 5) is 13.9. The second-order valence-electron chi connectivity index (χ2n) is 4.89. The molecule has 1 aliphatic heterocycles. The highest BCUT2D eigenvalue weighted by atomic mass is 19.2. The monoisotopic (exact) mass is 268 g/mol. The molecular formula is C14H18F2N2O. The number of hydrogen-bond donors (Lipinski definition) is 1. The molecule has 1 aromatic carbocycles. The lowest BCUT2D eigenvalue weighted by Gasteiger charge is -2.34. The minimum Gasteiger partial charge on any atom is -0.337 e. The molecule has 1 fully saturated rings. The Kier molecular flexibility index (Phi) is 4.47. The topological polar surface area (TPSA) is 32.3 Å². The normalized spacial score (nSPS) is 19.5. The molecule has 1 atom stereocenters. The largest absolute Gasteiger partial charge is 0.337 e. The number of benzene rings is 1. The van der Waals surface area contributed by atoms with Gasteiger partial charge in [0.15, 0.2) is 11.6 Å². The molecule has 0 spiro atoms. The maximum atomic E-state index is 13.0. The molecule has 5 heteroatoms. The van der Waals surface area contributed by atoms with Crippen LogP contribution in [0.5, 0.6) is 0 Å². The summed E-state index contributed by atoms with van der Waals surface area (Å²) in [5, 5.41) is 3.22. The Morgan fingerprint density at radius 3 is 2.89 bits per heavy atom. The maximum absolute atomic E-state index is 13.0. The van der Waals surface area contributed by atoms with Gasteiger partial charge in [0.2, 0.25) is 5.91 Å². The number of aryl methyl sites for hydroxylation is 1. The average molecular weight is 268 g/mol. The van der Waals surface area contributed by atoms with Gasteiger partial charge in [0.05, 0.1) is 0 Å². The Bertz CT molecular complexity index is 465. The third kappa shape index (κ3) is 3.50. The zero-order valence-electron chi connectivity index (χ0n) is 11.0. The van der Waals surface area contributed by atoms with E-state index in [1.165, 1.54) is 6.07 Å². The third-order valence-electron chi connectivity index (χ3n) is 3.43. The van der Waals surface area contributed by atoms with Gasteiger partial charge in [-0.05, 0) is 31.0 Å². The van der Waals surface area contributed by atoms with Crippen LogP contribution in [-0.4, -0.2) is 36.5 Å². The van der Waals surface area contributed by atoms with Crippen molar-refractivity contribution < 1.29 is 13.6 Å². The van der Waals surface area contributed by atoms with Crippen LogP contribution in [0.3, 0.4) is 0 Å². The highest BCUT2D eigenvalue weighted by Gasteiger charge is 2.22. The first-order chi connectivity index (χ1) is 9.08. The van der Waals surface area contributed by atoms with Gasteiger partial charge < -0.3 is 10.2 Å². The van der Waals surface area contributed by atoms with Crippen LogP contribution in [0.2, 0.25) is 0 Å². The molecule has 1 unspecified atom stereocenters. The molecule has 104 valence electrons.